The molecule has 0 saturated heterocycles. The Balaban J connectivity index is 2.55. The van der Waals surface area contributed by atoms with Gasteiger partial charge in [-0.05, 0) is 70.6 Å². The highest BCUT2D eigenvalue weighted by molar-refractivity contribution is 14.1. The molecule has 0 aliphatic carbocycles. The second-order valence-electron chi connectivity index (χ2n) is 3.55. The van der Waals surface area contributed by atoms with Crippen molar-refractivity contribution in [3.8, 4) is 0 Å². The molecule has 0 saturated carbocycles. The van der Waals surface area contributed by atoms with E-state index < -0.39 is 0 Å². The van der Waals surface area contributed by atoms with Gasteiger partial charge in [0.15, 0.2) is 0 Å². The largest absolute Gasteiger partial charge is 0.376 e. The summed E-state index contributed by atoms with van der Waals surface area (Å²) in [6.07, 6.45) is 0. The summed E-state index contributed by atoms with van der Waals surface area (Å²) in [4.78, 5) is 13.6. The number of anilines is 1. The first kappa shape index (κ1) is 14.8. The molecule has 0 aliphatic heterocycles. The minimum Gasteiger partial charge on any atom is -0.376 e. The van der Waals surface area contributed by atoms with Crippen LogP contribution in [0.5, 0.6) is 0 Å². The molecule has 0 radical (unpaired) electrons. The lowest BCUT2D eigenvalue weighted by Crippen LogP contribution is -2.35. The monoisotopic (exact) mass is 410 g/mol. The van der Waals surface area contributed by atoms with Gasteiger partial charge < -0.3 is 10.2 Å². The number of carbonyl (C=O) groups excluding carboxylic acids is 1. The van der Waals surface area contributed by atoms with E-state index in [1.54, 1.807) is 0 Å². The topological polar surface area (TPSA) is 32.3 Å². The summed E-state index contributed by atoms with van der Waals surface area (Å²) in [6.45, 7) is 5.83. The Kier molecular flexibility index (Phi) is 6.26. The Bertz CT molecular complexity index is 394. The molecule has 5 heteroatoms. The first-order valence-corrected chi connectivity index (χ1v) is 7.42. The second kappa shape index (κ2) is 7.20. The van der Waals surface area contributed by atoms with Crippen molar-refractivity contribution in [3.63, 3.8) is 0 Å². The lowest BCUT2D eigenvalue weighted by Gasteiger charge is -2.19. The molecule has 0 atom stereocenters. The third-order valence-corrected chi connectivity index (χ3v) is 4.82. The summed E-state index contributed by atoms with van der Waals surface area (Å²) >= 11 is 5.72. The van der Waals surface area contributed by atoms with E-state index >= 15 is 0 Å². The minimum atomic E-state index is 0.129. The third-order valence-electron chi connectivity index (χ3n) is 2.48. The lowest BCUT2D eigenvalue weighted by atomic mass is 10.3. The van der Waals surface area contributed by atoms with E-state index in [-0.39, 0.29) is 5.91 Å². The van der Waals surface area contributed by atoms with Crippen LogP contribution in [-0.2, 0) is 4.79 Å². The summed E-state index contributed by atoms with van der Waals surface area (Å²) in [5, 5.41) is 3.14. The van der Waals surface area contributed by atoms with Crippen LogP contribution >= 0.6 is 38.5 Å². The smallest absolute Gasteiger partial charge is 0.241 e. The van der Waals surface area contributed by atoms with Gasteiger partial charge in [-0.2, -0.15) is 0 Å². The maximum absolute atomic E-state index is 11.8. The number of likely N-dealkylation sites (N-methyl/N-ethyl adjacent to an activating group) is 1. The molecule has 0 spiro atoms. The van der Waals surface area contributed by atoms with Crippen LogP contribution in [0, 0.1) is 3.57 Å². The Morgan fingerprint density at radius 1 is 1.41 bits per heavy atom. The summed E-state index contributed by atoms with van der Waals surface area (Å²) < 4.78 is 2.20. The molecule has 3 nitrogen and oxygen atoms in total. The molecule has 1 aromatic rings. The number of hydrogen-bond acceptors (Lipinski definition) is 2. The Hall–Kier alpha value is -0.300. The fourth-order valence-corrected chi connectivity index (χ4v) is 2.19. The molecule has 0 aromatic heterocycles. The van der Waals surface area contributed by atoms with Gasteiger partial charge in [0.2, 0.25) is 5.91 Å². The molecular weight excluding hydrogens is 395 g/mol. The number of carbonyl (C=O) groups is 1. The molecule has 0 unspecified atom stereocenters. The number of halogens is 2. The summed E-state index contributed by atoms with van der Waals surface area (Å²) in [6, 6.07) is 5.97. The van der Waals surface area contributed by atoms with Crippen molar-refractivity contribution in [2.24, 2.45) is 0 Å². The zero-order valence-corrected chi connectivity index (χ0v) is 13.7. The van der Waals surface area contributed by atoms with Crippen molar-refractivity contribution in [2.45, 2.75) is 13.8 Å². The van der Waals surface area contributed by atoms with Crippen LogP contribution in [0.3, 0.4) is 0 Å². The molecule has 1 N–H and O–H groups in total. The molecule has 17 heavy (non-hydrogen) atoms. The maximum Gasteiger partial charge on any atom is 0.241 e. The summed E-state index contributed by atoms with van der Waals surface area (Å²) in [5.41, 5.74) is 0.956. The van der Waals surface area contributed by atoms with Crippen LogP contribution in [0.25, 0.3) is 0 Å². The van der Waals surface area contributed by atoms with Crippen LogP contribution in [0.15, 0.2) is 22.7 Å². The molecule has 1 amide bonds. The SMILES string of the molecule is CCN(CC)C(=O)CNc1ccc(I)c(Br)c1. The minimum absolute atomic E-state index is 0.129. The second-order valence-corrected chi connectivity index (χ2v) is 5.56. The average Bonchev–Trinajstić information content (AvgIpc) is 2.32. The van der Waals surface area contributed by atoms with Gasteiger partial charge in [0.05, 0.1) is 6.54 Å². The Labute approximate surface area is 124 Å². The zero-order chi connectivity index (χ0) is 12.8. The fraction of sp³-hybridized carbons (Fsp3) is 0.417. The van der Waals surface area contributed by atoms with Gasteiger partial charge in [-0.1, -0.05) is 0 Å². The zero-order valence-electron chi connectivity index (χ0n) is 9.96. The van der Waals surface area contributed by atoms with Crippen LogP contribution in [0.1, 0.15) is 13.8 Å². The van der Waals surface area contributed by atoms with Crippen molar-refractivity contribution in [2.75, 3.05) is 25.0 Å². The maximum atomic E-state index is 11.8. The summed E-state index contributed by atoms with van der Waals surface area (Å²) in [5.74, 6) is 0.129. The van der Waals surface area contributed by atoms with Crippen molar-refractivity contribution >= 4 is 50.1 Å². The predicted molar refractivity (Wildman–Crippen MR) is 83.3 cm³/mol. The van der Waals surface area contributed by atoms with Gasteiger partial charge in [-0.3, -0.25) is 4.79 Å². The van der Waals surface area contributed by atoms with E-state index in [9.17, 15) is 4.79 Å². The van der Waals surface area contributed by atoms with Crippen LogP contribution < -0.4 is 5.32 Å². The highest BCUT2D eigenvalue weighted by atomic mass is 127. The highest BCUT2D eigenvalue weighted by Crippen LogP contribution is 2.22. The Morgan fingerprint density at radius 3 is 2.59 bits per heavy atom. The van der Waals surface area contributed by atoms with E-state index in [0.717, 1.165) is 26.8 Å². The van der Waals surface area contributed by atoms with Gasteiger partial charge in [-0.25, -0.2) is 0 Å². The van der Waals surface area contributed by atoms with Gasteiger partial charge in [-0.15, -0.1) is 0 Å². The number of nitrogens with one attached hydrogen (secondary N) is 1. The molecular formula is C12H16BrIN2O. The number of rotatable bonds is 5. The number of amides is 1. The van der Waals surface area contributed by atoms with Gasteiger partial charge in [0, 0.05) is 26.8 Å². The number of hydrogen-bond donors (Lipinski definition) is 1. The molecule has 0 bridgehead atoms. The standard InChI is InChI=1S/C12H16BrIN2O/c1-3-16(4-2)12(17)8-15-9-5-6-11(14)10(13)7-9/h5-7,15H,3-4,8H2,1-2H3. The van der Waals surface area contributed by atoms with E-state index in [1.807, 2.05) is 36.9 Å². The normalized spacial score (nSPS) is 10.1. The first-order valence-electron chi connectivity index (χ1n) is 5.55. The number of nitrogens with zero attached hydrogens (tertiary/aromatic N) is 1. The third kappa shape index (κ3) is 4.46. The van der Waals surface area contributed by atoms with Crippen molar-refractivity contribution < 1.29 is 4.79 Å². The van der Waals surface area contributed by atoms with E-state index in [0.29, 0.717) is 6.54 Å². The highest BCUT2D eigenvalue weighted by Gasteiger charge is 2.08. The van der Waals surface area contributed by atoms with Crippen LogP contribution in [0.4, 0.5) is 5.69 Å². The fourth-order valence-electron chi connectivity index (χ4n) is 1.47. The lowest BCUT2D eigenvalue weighted by molar-refractivity contribution is -0.128. The molecule has 0 fully saturated rings. The van der Waals surface area contributed by atoms with Gasteiger partial charge >= 0.3 is 0 Å². The van der Waals surface area contributed by atoms with Crippen LogP contribution in [-0.4, -0.2) is 30.4 Å². The van der Waals surface area contributed by atoms with E-state index in [1.165, 1.54) is 0 Å². The van der Waals surface area contributed by atoms with Crippen molar-refractivity contribution in [3.05, 3.63) is 26.2 Å². The van der Waals surface area contributed by atoms with Crippen molar-refractivity contribution in [1.82, 2.24) is 4.90 Å². The average molecular weight is 411 g/mol. The van der Waals surface area contributed by atoms with E-state index in [2.05, 4.69) is 43.8 Å². The van der Waals surface area contributed by atoms with Crippen molar-refractivity contribution in [1.29, 1.82) is 0 Å². The predicted octanol–water partition coefficient (Wildman–Crippen LogP) is 3.33. The molecule has 94 valence electrons. The molecule has 0 heterocycles. The van der Waals surface area contributed by atoms with Crippen LogP contribution in [0.2, 0.25) is 0 Å². The Morgan fingerprint density at radius 2 is 2.06 bits per heavy atom. The molecule has 1 rings (SSSR count). The quantitative estimate of drug-likeness (QED) is 0.755. The first-order chi connectivity index (χ1) is 8.08. The van der Waals surface area contributed by atoms with Gasteiger partial charge in [0.25, 0.3) is 0 Å². The summed E-state index contributed by atoms with van der Waals surface area (Å²) in [7, 11) is 0. The van der Waals surface area contributed by atoms with Gasteiger partial charge in [0.1, 0.15) is 0 Å². The van der Waals surface area contributed by atoms with E-state index in [4.69, 9.17) is 0 Å². The molecule has 0 aliphatic rings. The number of benzene rings is 1. The molecule has 1 aromatic carbocycles.